The van der Waals surface area contributed by atoms with Gasteiger partial charge in [0.1, 0.15) is 34.8 Å². The van der Waals surface area contributed by atoms with E-state index in [1.54, 1.807) is 21.6 Å². The fourth-order valence-corrected chi connectivity index (χ4v) is 8.73. The maximum atomic E-state index is 14.7. The molecule has 2 aliphatic rings. The Hall–Kier alpha value is -7.62. The molecule has 19 heteroatoms. The number of hydrogen-bond acceptors (Lipinski definition) is 11. The molecule has 2 fully saturated rings. The molecule has 2 saturated heterocycles. The van der Waals surface area contributed by atoms with E-state index in [0.717, 1.165) is 91.0 Å². The molecule has 2 aliphatic heterocycles. The second-order valence-corrected chi connectivity index (χ2v) is 16.8. The highest BCUT2D eigenvalue weighted by Crippen LogP contribution is 2.33. The number of anilines is 3. The average molecular weight is 915 g/mol. The lowest BCUT2D eigenvalue weighted by Gasteiger charge is -2.41. The third-order valence-electron chi connectivity index (χ3n) is 12.3. The van der Waals surface area contributed by atoms with Crippen LogP contribution in [-0.2, 0) is 16.6 Å². The summed E-state index contributed by atoms with van der Waals surface area (Å²) in [6, 6.07) is 15.9. The quantitative estimate of drug-likeness (QED) is 0.0676. The van der Waals surface area contributed by atoms with Crippen molar-refractivity contribution in [3.8, 4) is 22.9 Å². The number of nitriles is 1. The fourth-order valence-electron chi connectivity index (χ4n) is 8.73. The first-order valence-electron chi connectivity index (χ1n) is 22.6. The van der Waals surface area contributed by atoms with Crippen molar-refractivity contribution in [2.45, 2.75) is 70.3 Å². The minimum absolute atomic E-state index is 0.189. The number of ether oxygens (including phenoxy) is 1. The molecule has 6 heterocycles. The highest BCUT2D eigenvalue weighted by molar-refractivity contribution is 6.09. The van der Waals surface area contributed by atoms with Gasteiger partial charge in [-0.1, -0.05) is 25.7 Å². The van der Waals surface area contributed by atoms with E-state index in [1.165, 1.54) is 11.1 Å². The Balaban J connectivity index is 0.822. The maximum Gasteiger partial charge on any atom is 0.329 e. The van der Waals surface area contributed by atoms with Gasteiger partial charge in [-0.05, 0) is 87.2 Å². The molecule has 8 rings (SSSR count). The SMILES string of the molecule is CCOc1cc(-c2ccc(N3CCC(NC(=O)c4cc(F)ccc4F)(C(=O)NCCCCCCCCNc4ccc5c(N6CCC(=O)NC6=O)nn(C)c5c4)CC3)nc2)c2c(C#N)cnn2c1. The number of urea groups is 1. The molecule has 6 aromatic rings. The summed E-state index contributed by atoms with van der Waals surface area (Å²) in [6.45, 7) is 4.46. The van der Waals surface area contributed by atoms with Crippen LogP contribution >= 0.6 is 0 Å². The number of halogens is 2. The van der Waals surface area contributed by atoms with E-state index in [-0.39, 0.29) is 37.6 Å². The van der Waals surface area contributed by atoms with Gasteiger partial charge in [0.2, 0.25) is 11.8 Å². The molecule has 0 spiro atoms. The first-order chi connectivity index (χ1) is 32.5. The molecule has 17 nitrogen and oxygen atoms in total. The van der Waals surface area contributed by atoms with Gasteiger partial charge in [0, 0.05) is 74.6 Å². The summed E-state index contributed by atoms with van der Waals surface area (Å²) in [4.78, 5) is 59.7. The van der Waals surface area contributed by atoms with Gasteiger partial charge >= 0.3 is 6.03 Å². The smallest absolute Gasteiger partial charge is 0.329 e. The van der Waals surface area contributed by atoms with E-state index >= 15 is 0 Å². The number of amides is 5. The van der Waals surface area contributed by atoms with Crippen molar-refractivity contribution in [1.29, 1.82) is 5.26 Å². The van der Waals surface area contributed by atoms with Crippen LogP contribution in [0.15, 0.2) is 73.2 Å². The van der Waals surface area contributed by atoms with Crippen LogP contribution in [0, 0.1) is 23.0 Å². The number of nitrogens with zero attached hydrogens (tertiary/aromatic N) is 8. The van der Waals surface area contributed by atoms with Crippen molar-refractivity contribution in [3.05, 3.63) is 95.9 Å². The number of aromatic nitrogens is 5. The third kappa shape index (κ3) is 10.1. The van der Waals surface area contributed by atoms with Crippen LogP contribution in [0.25, 0.3) is 27.5 Å². The number of carbonyl (C=O) groups excluding carboxylic acids is 4. The number of nitrogens with one attached hydrogen (secondary N) is 4. The number of fused-ring (bicyclic) bond motifs is 2. The standard InChI is InChI=1S/C48H52F2N12O5/c1-3-67-35-26-37(43-32(27-51)29-55-62(43)30-35)31-10-15-41(54-28-31)60-22-17-48(18-23-60,57-45(64)38-24-33(49)11-14-39(38)50)46(65)53-20-9-7-5-4-6-8-19-52-34-12-13-36-40(25-34)59(2)58-44(36)61-21-16-42(63)56-47(61)66/h10-15,24-26,28-30,52H,3-9,16-23H2,1-2H3,(H,53,65)(H,57,64)(H,56,63,66). The van der Waals surface area contributed by atoms with Gasteiger partial charge in [-0.2, -0.15) is 15.5 Å². The predicted molar refractivity (Wildman–Crippen MR) is 248 cm³/mol. The number of unbranched alkanes of at least 4 members (excludes halogenated alkanes) is 5. The molecule has 0 radical (unpaired) electrons. The predicted octanol–water partition coefficient (Wildman–Crippen LogP) is 6.62. The minimum atomic E-state index is -1.38. The Morgan fingerprint density at radius 3 is 2.45 bits per heavy atom. The Kier molecular flexibility index (Phi) is 13.9. The number of piperidine rings is 1. The van der Waals surface area contributed by atoms with Crippen molar-refractivity contribution in [2.75, 3.05) is 54.4 Å². The Labute approximate surface area is 385 Å². The number of benzene rings is 2. The summed E-state index contributed by atoms with van der Waals surface area (Å²) in [5.41, 5.74) is 2.48. The largest absolute Gasteiger partial charge is 0.492 e. The van der Waals surface area contributed by atoms with Crippen molar-refractivity contribution in [3.63, 3.8) is 0 Å². The van der Waals surface area contributed by atoms with Gasteiger partial charge in [-0.25, -0.2) is 23.1 Å². The van der Waals surface area contributed by atoms with Gasteiger partial charge in [0.05, 0.1) is 41.2 Å². The minimum Gasteiger partial charge on any atom is -0.492 e. The molecule has 5 amide bonds. The molecule has 2 aromatic carbocycles. The second-order valence-electron chi connectivity index (χ2n) is 16.8. The number of carbonyl (C=O) groups is 4. The van der Waals surface area contributed by atoms with Crippen LogP contribution < -0.4 is 35.8 Å². The van der Waals surface area contributed by atoms with Crippen LogP contribution in [0.4, 0.5) is 30.9 Å². The summed E-state index contributed by atoms with van der Waals surface area (Å²) >= 11 is 0. The molecule has 4 aromatic heterocycles. The molecule has 0 atom stereocenters. The molecule has 0 aliphatic carbocycles. The first-order valence-corrected chi connectivity index (χ1v) is 22.6. The Morgan fingerprint density at radius 2 is 1.72 bits per heavy atom. The maximum absolute atomic E-state index is 14.7. The zero-order chi connectivity index (χ0) is 47.1. The molecule has 0 saturated carbocycles. The van der Waals surface area contributed by atoms with Crippen molar-refractivity contribution in [1.82, 2.24) is 40.3 Å². The lowest BCUT2D eigenvalue weighted by molar-refractivity contribution is -0.128. The lowest BCUT2D eigenvalue weighted by Crippen LogP contribution is -2.63. The van der Waals surface area contributed by atoms with E-state index in [2.05, 4.69) is 37.5 Å². The summed E-state index contributed by atoms with van der Waals surface area (Å²) in [5.74, 6) is -1.44. The number of imide groups is 1. The van der Waals surface area contributed by atoms with Gasteiger partial charge in [-0.15, -0.1) is 0 Å². The Bertz CT molecular complexity index is 2850. The number of hydrogen-bond donors (Lipinski definition) is 4. The van der Waals surface area contributed by atoms with E-state index in [4.69, 9.17) is 9.72 Å². The average Bonchev–Trinajstić information content (AvgIpc) is 3.90. The fraction of sp³-hybridized carbons (Fsp3) is 0.375. The number of rotatable bonds is 18. The molecule has 4 N–H and O–H groups in total. The van der Waals surface area contributed by atoms with Crippen LogP contribution in [-0.4, -0.2) is 93.0 Å². The van der Waals surface area contributed by atoms with Crippen molar-refractivity contribution in [2.24, 2.45) is 7.05 Å². The van der Waals surface area contributed by atoms with E-state index < -0.39 is 34.7 Å². The monoisotopic (exact) mass is 914 g/mol. The topological polar surface area (TPSA) is 204 Å². The van der Waals surface area contributed by atoms with Crippen LogP contribution in [0.5, 0.6) is 5.75 Å². The second kappa shape index (κ2) is 20.3. The summed E-state index contributed by atoms with van der Waals surface area (Å²) in [5, 5.41) is 31.1. The third-order valence-corrected chi connectivity index (χ3v) is 12.3. The Morgan fingerprint density at radius 1 is 0.940 bits per heavy atom. The van der Waals surface area contributed by atoms with Gasteiger partial charge in [-0.3, -0.25) is 29.3 Å². The molecule has 348 valence electrons. The first kappa shape index (κ1) is 45.9. The van der Waals surface area contributed by atoms with Gasteiger partial charge < -0.3 is 25.6 Å². The molecule has 67 heavy (non-hydrogen) atoms. The van der Waals surface area contributed by atoms with E-state index in [0.29, 0.717) is 54.7 Å². The van der Waals surface area contributed by atoms with Gasteiger partial charge in [0.25, 0.3) is 5.91 Å². The zero-order valence-corrected chi connectivity index (χ0v) is 37.4. The highest BCUT2D eigenvalue weighted by atomic mass is 19.1. The molecule has 0 bridgehead atoms. The highest BCUT2D eigenvalue weighted by Gasteiger charge is 2.43. The normalized spacial score (nSPS) is 14.8. The molecule has 0 unspecified atom stereocenters. The van der Waals surface area contributed by atoms with Crippen molar-refractivity contribution < 1.29 is 32.7 Å². The summed E-state index contributed by atoms with van der Waals surface area (Å²) < 4.78 is 38.0. The number of pyridine rings is 2. The van der Waals surface area contributed by atoms with Crippen LogP contribution in [0.2, 0.25) is 0 Å². The molecular formula is C48H52F2N12O5. The van der Waals surface area contributed by atoms with Crippen LogP contribution in [0.3, 0.4) is 0 Å². The molecular weight excluding hydrogens is 863 g/mol. The lowest BCUT2D eigenvalue weighted by atomic mass is 9.85. The van der Waals surface area contributed by atoms with Gasteiger partial charge in [0.15, 0.2) is 5.82 Å². The number of aryl methyl sites for hydroxylation is 1. The van der Waals surface area contributed by atoms with Crippen LogP contribution in [0.1, 0.15) is 80.6 Å². The van der Waals surface area contributed by atoms with E-state index in [9.17, 15) is 33.2 Å². The summed E-state index contributed by atoms with van der Waals surface area (Å²) in [7, 11) is 1.82. The van der Waals surface area contributed by atoms with E-state index in [1.807, 2.05) is 55.3 Å². The summed E-state index contributed by atoms with van der Waals surface area (Å²) in [6.07, 6.45) is 11.1. The van der Waals surface area contributed by atoms with Crippen molar-refractivity contribution >= 4 is 57.5 Å². The zero-order valence-electron chi connectivity index (χ0n) is 37.4.